The average Bonchev–Trinajstić information content (AvgIpc) is 3.16. The summed E-state index contributed by atoms with van der Waals surface area (Å²) in [6, 6.07) is 16.0. The van der Waals surface area contributed by atoms with Gasteiger partial charge in [0.15, 0.2) is 11.5 Å². The highest BCUT2D eigenvalue weighted by atomic mass is 16.5. The third kappa shape index (κ3) is 4.47. The van der Waals surface area contributed by atoms with Crippen molar-refractivity contribution in [1.82, 2.24) is 20.2 Å². The standard InChI is InChI=1S/C20H18N4O4/c1-14-21-22-23-24(14)18(12-15-6-4-3-5-7-15)20(26)28-13-16-8-10-17(11-9-16)19(25)27-2/h3-12H,13H2,1-2H3. The van der Waals surface area contributed by atoms with E-state index in [0.29, 0.717) is 11.4 Å². The fourth-order valence-corrected chi connectivity index (χ4v) is 2.45. The minimum Gasteiger partial charge on any atom is -0.465 e. The van der Waals surface area contributed by atoms with Crippen LogP contribution in [0.1, 0.15) is 27.3 Å². The van der Waals surface area contributed by atoms with E-state index in [2.05, 4.69) is 20.3 Å². The fourth-order valence-electron chi connectivity index (χ4n) is 2.45. The first-order valence-corrected chi connectivity index (χ1v) is 8.45. The third-order valence-electron chi connectivity index (χ3n) is 3.91. The maximum atomic E-state index is 12.7. The van der Waals surface area contributed by atoms with Gasteiger partial charge in [-0.05, 0) is 46.7 Å². The number of aromatic nitrogens is 4. The lowest BCUT2D eigenvalue weighted by Crippen LogP contribution is -2.15. The summed E-state index contributed by atoms with van der Waals surface area (Å²) in [5, 5.41) is 11.3. The van der Waals surface area contributed by atoms with Gasteiger partial charge in [-0.3, -0.25) is 0 Å². The summed E-state index contributed by atoms with van der Waals surface area (Å²) < 4.78 is 11.4. The Morgan fingerprint density at radius 3 is 2.39 bits per heavy atom. The van der Waals surface area contributed by atoms with Gasteiger partial charge >= 0.3 is 11.9 Å². The lowest BCUT2D eigenvalue weighted by molar-refractivity contribution is -0.138. The Morgan fingerprint density at radius 2 is 1.79 bits per heavy atom. The molecule has 0 N–H and O–H groups in total. The van der Waals surface area contributed by atoms with Gasteiger partial charge in [0.05, 0.1) is 12.7 Å². The molecule has 142 valence electrons. The Balaban J connectivity index is 1.78. The molecule has 0 fully saturated rings. The molecule has 0 aliphatic heterocycles. The van der Waals surface area contributed by atoms with Crippen LogP contribution in [0.3, 0.4) is 0 Å². The highest BCUT2D eigenvalue weighted by Gasteiger charge is 2.18. The zero-order valence-corrected chi connectivity index (χ0v) is 15.4. The van der Waals surface area contributed by atoms with Crippen LogP contribution < -0.4 is 0 Å². The summed E-state index contributed by atoms with van der Waals surface area (Å²) in [5.74, 6) is -0.538. The molecule has 8 nitrogen and oxygen atoms in total. The summed E-state index contributed by atoms with van der Waals surface area (Å²) in [4.78, 5) is 24.2. The molecule has 0 atom stereocenters. The number of carbonyl (C=O) groups is 2. The zero-order chi connectivity index (χ0) is 19.9. The van der Waals surface area contributed by atoms with E-state index < -0.39 is 11.9 Å². The highest BCUT2D eigenvalue weighted by molar-refractivity contribution is 6.15. The number of ether oxygens (including phenoxy) is 2. The van der Waals surface area contributed by atoms with Crippen molar-refractivity contribution in [2.75, 3.05) is 7.11 Å². The maximum absolute atomic E-state index is 12.7. The minimum absolute atomic E-state index is 0.0353. The van der Waals surface area contributed by atoms with Crippen molar-refractivity contribution >= 4 is 23.7 Å². The molecule has 3 rings (SSSR count). The molecular weight excluding hydrogens is 360 g/mol. The molecular formula is C20H18N4O4. The first-order valence-electron chi connectivity index (χ1n) is 8.45. The number of methoxy groups -OCH3 is 1. The minimum atomic E-state index is -0.573. The van der Waals surface area contributed by atoms with Gasteiger partial charge < -0.3 is 9.47 Å². The predicted octanol–water partition coefficient (Wildman–Crippen LogP) is 2.51. The second kappa shape index (κ2) is 8.72. The Bertz CT molecular complexity index is 995. The molecule has 1 aromatic heterocycles. The van der Waals surface area contributed by atoms with Crippen LogP contribution in [0.5, 0.6) is 0 Å². The average molecular weight is 378 g/mol. The molecule has 0 aliphatic rings. The van der Waals surface area contributed by atoms with E-state index in [0.717, 1.165) is 11.1 Å². The fraction of sp³-hybridized carbons (Fsp3) is 0.150. The van der Waals surface area contributed by atoms with Crippen LogP contribution in [0.4, 0.5) is 0 Å². The number of hydrogen-bond donors (Lipinski definition) is 0. The van der Waals surface area contributed by atoms with Crippen molar-refractivity contribution < 1.29 is 19.1 Å². The van der Waals surface area contributed by atoms with E-state index in [1.54, 1.807) is 37.3 Å². The largest absolute Gasteiger partial charge is 0.465 e. The molecule has 0 saturated heterocycles. The van der Waals surface area contributed by atoms with Crippen LogP contribution in [-0.4, -0.2) is 39.3 Å². The summed E-state index contributed by atoms with van der Waals surface area (Å²) >= 11 is 0. The number of benzene rings is 2. The molecule has 0 amide bonds. The number of hydrogen-bond acceptors (Lipinski definition) is 7. The lowest BCUT2D eigenvalue weighted by Gasteiger charge is -2.09. The molecule has 0 radical (unpaired) electrons. The Kier molecular flexibility index (Phi) is 5.91. The molecule has 28 heavy (non-hydrogen) atoms. The molecule has 0 unspecified atom stereocenters. The maximum Gasteiger partial charge on any atom is 0.357 e. The van der Waals surface area contributed by atoms with Gasteiger partial charge in [-0.2, -0.15) is 4.68 Å². The smallest absolute Gasteiger partial charge is 0.357 e. The molecule has 0 bridgehead atoms. The topological polar surface area (TPSA) is 96.2 Å². The van der Waals surface area contributed by atoms with E-state index in [1.807, 2.05) is 30.3 Å². The monoisotopic (exact) mass is 378 g/mol. The van der Waals surface area contributed by atoms with Crippen LogP contribution in [0.2, 0.25) is 0 Å². The van der Waals surface area contributed by atoms with Crippen molar-refractivity contribution in [1.29, 1.82) is 0 Å². The van der Waals surface area contributed by atoms with Crippen molar-refractivity contribution in [3.63, 3.8) is 0 Å². The molecule has 1 heterocycles. The van der Waals surface area contributed by atoms with Gasteiger partial charge in [-0.25, -0.2) is 9.59 Å². The number of carbonyl (C=O) groups excluding carboxylic acids is 2. The second-order valence-electron chi connectivity index (χ2n) is 5.84. The SMILES string of the molecule is COC(=O)c1ccc(COC(=O)C(=Cc2ccccc2)n2nnnc2C)cc1. The first-order chi connectivity index (χ1) is 13.6. The molecule has 3 aromatic rings. The molecule has 2 aromatic carbocycles. The van der Waals surface area contributed by atoms with Crippen molar-refractivity contribution in [2.24, 2.45) is 0 Å². The van der Waals surface area contributed by atoms with E-state index in [-0.39, 0.29) is 12.3 Å². The number of aryl methyl sites for hydroxylation is 1. The molecule has 0 spiro atoms. The van der Waals surface area contributed by atoms with Gasteiger partial charge in [0, 0.05) is 0 Å². The summed E-state index contributed by atoms with van der Waals surface area (Å²) in [5.41, 5.74) is 2.16. The predicted molar refractivity (Wildman–Crippen MR) is 101 cm³/mol. The van der Waals surface area contributed by atoms with Gasteiger partial charge in [0.25, 0.3) is 0 Å². The zero-order valence-electron chi connectivity index (χ0n) is 15.4. The van der Waals surface area contributed by atoms with E-state index in [1.165, 1.54) is 11.8 Å². The van der Waals surface area contributed by atoms with Crippen molar-refractivity contribution in [3.8, 4) is 0 Å². The Hall–Kier alpha value is -3.81. The van der Waals surface area contributed by atoms with Gasteiger partial charge in [-0.1, -0.05) is 42.5 Å². The number of rotatable bonds is 6. The summed E-state index contributed by atoms with van der Waals surface area (Å²) in [6.45, 7) is 1.73. The highest BCUT2D eigenvalue weighted by Crippen LogP contribution is 2.15. The van der Waals surface area contributed by atoms with Crippen molar-refractivity contribution in [3.05, 3.63) is 77.1 Å². The van der Waals surface area contributed by atoms with Gasteiger partial charge in [0.1, 0.15) is 6.61 Å². The normalized spacial score (nSPS) is 11.1. The number of nitrogens with zero attached hydrogens (tertiary/aromatic N) is 4. The van der Waals surface area contributed by atoms with Crippen molar-refractivity contribution in [2.45, 2.75) is 13.5 Å². The molecule has 0 saturated carbocycles. The van der Waals surface area contributed by atoms with Crippen LogP contribution in [-0.2, 0) is 20.9 Å². The van der Waals surface area contributed by atoms with Crippen LogP contribution in [0.15, 0.2) is 54.6 Å². The van der Waals surface area contributed by atoms with Crippen LogP contribution >= 0.6 is 0 Å². The summed E-state index contributed by atoms with van der Waals surface area (Å²) in [6.07, 6.45) is 1.66. The number of esters is 2. The Morgan fingerprint density at radius 1 is 1.07 bits per heavy atom. The van der Waals surface area contributed by atoms with Crippen LogP contribution in [0, 0.1) is 6.92 Å². The molecule has 0 aliphatic carbocycles. The van der Waals surface area contributed by atoms with E-state index in [4.69, 9.17) is 4.74 Å². The lowest BCUT2D eigenvalue weighted by atomic mass is 10.1. The first kappa shape index (κ1) is 19.0. The van der Waals surface area contributed by atoms with E-state index in [9.17, 15) is 9.59 Å². The summed E-state index contributed by atoms with van der Waals surface area (Å²) in [7, 11) is 1.32. The quantitative estimate of drug-likeness (QED) is 0.480. The third-order valence-corrected chi connectivity index (χ3v) is 3.91. The number of tetrazole rings is 1. The van der Waals surface area contributed by atoms with Gasteiger partial charge in [0.2, 0.25) is 0 Å². The van der Waals surface area contributed by atoms with E-state index >= 15 is 0 Å². The second-order valence-corrected chi connectivity index (χ2v) is 5.84. The van der Waals surface area contributed by atoms with Gasteiger partial charge in [-0.15, -0.1) is 5.10 Å². The Labute approximate surface area is 161 Å². The molecule has 8 heteroatoms. The van der Waals surface area contributed by atoms with Crippen LogP contribution in [0.25, 0.3) is 11.8 Å².